The Bertz CT molecular complexity index is 1550. The van der Waals surface area contributed by atoms with E-state index in [0.717, 1.165) is 49.4 Å². The Balaban J connectivity index is 1.14. The minimum Gasteiger partial charge on any atom is -0.456 e. The molecule has 6 rings (SSSR count). The van der Waals surface area contributed by atoms with Gasteiger partial charge in [0.2, 0.25) is 11.6 Å². The van der Waals surface area contributed by atoms with Gasteiger partial charge < -0.3 is 24.3 Å². The molecule has 244 valence electrons. The smallest absolute Gasteiger partial charge is 0.338 e. The van der Waals surface area contributed by atoms with Crippen LogP contribution in [0.5, 0.6) is 0 Å². The van der Waals surface area contributed by atoms with E-state index in [4.69, 9.17) is 4.74 Å². The van der Waals surface area contributed by atoms with Gasteiger partial charge in [0.25, 0.3) is 5.91 Å². The van der Waals surface area contributed by atoms with Crippen LogP contribution in [-0.2, 0) is 20.9 Å². The van der Waals surface area contributed by atoms with E-state index in [1.165, 1.54) is 6.92 Å². The molecule has 0 N–H and O–H groups in total. The van der Waals surface area contributed by atoms with Gasteiger partial charge in [-0.3, -0.25) is 9.59 Å². The molecule has 2 aromatic carbocycles. The molecular weight excluding hydrogens is 583 g/mol. The lowest BCUT2D eigenvalue weighted by Crippen LogP contribution is -2.56. The number of anilines is 1. The first kappa shape index (κ1) is 32.0. The summed E-state index contributed by atoms with van der Waals surface area (Å²) in [5, 5.41) is 0. The van der Waals surface area contributed by atoms with Crippen molar-refractivity contribution >= 4 is 23.5 Å². The zero-order valence-corrected chi connectivity index (χ0v) is 27.4. The number of amides is 2. The molecule has 2 aromatic rings. The third-order valence-electron chi connectivity index (χ3n) is 9.74. The van der Waals surface area contributed by atoms with E-state index in [-0.39, 0.29) is 5.91 Å². The third-order valence-corrected chi connectivity index (χ3v) is 9.74. The number of nitrogens with zero attached hydrogens (tertiary/aromatic N) is 4. The fourth-order valence-electron chi connectivity index (χ4n) is 7.41. The lowest BCUT2D eigenvalue weighted by Gasteiger charge is -2.43. The standard InChI is InChI=1S/C37H45FN4O4/c1-35(2,3)46-32(43)29-16-9-8-13-27(29)25-40-26-42(28-14-6-5-7-15-28)37(34(40)45)19-23-39(24-20-37)21-12-22-41-31-18-11-10-17-30(31)36(4,38)33(41)44/h5-10,13-17H,11-12,18-26H2,1-4H3. The number of alkyl halides is 1. The van der Waals surface area contributed by atoms with Crippen LogP contribution in [0.25, 0.3) is 0 Å². The topological polar surface area (TPSA) is 73.4 Å². The molecule has 2 saturated heterocycles. The molecule has 1 atom stereocenters. The zero-order valence-electron chi connectivity index (χ0n) is 27.4. The number of hydrogen-bond acceptors (Lipinski definition) is 6. The van der Waals surface area contributed by atoms with Crippen molar-refractivity contribution in [3.05, 3.63) is 89.1 Å². The highest BCUT2D eigenvalue weighted by molar-refractivity contribution is 5.95. The number of carbonyl (C=O) groups is 3. The number of esters is 1. The Labute approximate surface area is 271 Å². The van der Waals surface area contributed by atoms with Crippen molar-refractivity contribution in [2.75, 3.05) is 37.7 Å². The molecule has 0 bridgehead atoms. The third kappa shape index (κ3) is 5.97. The molecular formula is C37H45FN4O4. The van der Waals surface area contributed by atoms with Gasteiger partial charge in [-0.15, -0.1) is 0 Å². The molecule has 9 heteroatoms. The van der Waals surface area contributed by atoms with Crippen LogP contribution in [0.15, 0.2) is 78.0 Å². The summed E-state index contributed by atoms with van der Waals surface area (Å²) in [6.45, 7) is 10.4. The average molecular weight is 629 g/mol. The number of allylic oxidation sites excluding steroid dienone is 3. The van der Waals surface area contributed by atoms with Crippen LogP contribution in [0.4, 0.5) is 10.1 Å². The summed E-state index contributed by atoms with van der Waals surface area (Å²) < 4.78 is 20.9. The molecule has 2 amide bonds. The largest absolute Gasteiger partial charge is 0.456 e. The minimum absolute atomic E-state index is 0.0738. The number of benzene rings is 2. The van der Waals surface area contributed by atoms with Gasteiger partial charge in [-0.1, -0.05) is 48.6 Å². The van der Waals surface area contributed by atoms with Crippen LogP contribution in [0, 0.1) is 0 Å². The first-order valence-corrected chi connectivity index (χ1v) is 16.5. The predicted octanol–water partition coefficient (Wildman–Crippen LogP) is 5.85. The van der Waals surface area contributed by atoms with Crippen LogP contribution >= 0.6 is 0 Å². The second-order valence-electron chi connectivity index (χ2n) is 14.1. The first-order valence-electron chi connectivity index (χ1n) is 16.5. The number of para-hydroxylation sites is 1. The van der Waals surface area contributed by atoms with E-state index >= 15 is 4.39 Å². The lowest BCUT2D eigenvalue weighted by atomic mass is 9.85. The first-order chi connectivity index (χ1) is 21.9. The van der Waals surface area contributed by atoms with E-state index in [2.05, 4.69) is 21.9 Å². The van der Waals surface area contributed by atoms with E-state index in [1.54, 1.807) is 17.0 Å². The van der Waals surface area contributed by atoms with E-state index in [9.17, 15) is 14.4 Å². The molecule has 4 aliphatic rings. The van der Waals surface area contributed by atoms with Crippen molar-refractivity contribution in [3.8, 4) is 0 Å². The highest BCUT2D eigenvalue weighted by Crippen LogP contribution is 2.42. The van der Waals surface area contributed by atoms with Crippen molar-refractivity contribution in [1.29, 1.82) is 0 Å². The SMILES string of the molecule is CC(C)(C)OC(=O)c1ccccc1CN1CN(c2ccccc2)C2(CCN(CCCN3C(=O)C(C)(F)C4=C3CCC=C4)CC2)C1=O. The molecule has 46 heavy (non-hydrogen) atoms. The van der Waals surface area contributed by atoms with Gasteiger partial charge in [0.15, 0.2) is 0 Å². The van der Waals surface area contributed by atoms with Crippen molar-refractivity contribution < 1.29 is 23.5 Å². The minimum atomic E-state index is -1.95. The molecule has 0 saturated carbocycles. The lowest BCUT2D eigenvalue weighted by molar-refractivity contribution is -0.136. The fourth-order valence-corrected chi connectivity index (χ4v) is 7.41. The summed E-state index contributed by atoms with van der Waals surface area (Å²) >= 11 is 0. The monoisotopic (exact) mass is 628 g/mol. The number of likely N-dealkylation sites (tertiary alicyclic amines) is 1. The Morgan fingerprint density at radius 3 is 2.37 bits per heavy atom. The highest BCUT2D eigenvalue weighted by atomic mass is 19.1. The number of rotatable bonds is 8. The Kier molecular flexibility index (Phi) is 8.57. The maximum Gasteiger partial charge on any atom is 0.338 e. The van der Waals surface area contributed by atoms with Crippen LogP contribution in [0.3, 0.4) is 0 Å². The van der Waals surface area contributed by atoms with Gasteiger partial charge in [0.1, 0.15) is 11.1 Å². The van der Waals surface area contributed by atoms with Crippen LogP contribution in [0.2, 0.25) is 0 Å². The summed E-state index contributed by atoms with van der Waals surface area (Å²) in [6, 6.07) is 17.4. The van der Waals surface area contributed by atoms with Gasteiger partial charge in [0, 0.05) is 43.1 Å². The Hall–Kier alpha value is -3.98. The fraction of sp³-hybridized carbons (Fsp3) is 0.486. The molecule has 3 heterocycles. The van der Waals surface area contributed by atoms with Gasteiger partial charge >= 0.3 is 5.97 Å². The maximum atomic E-state index is 15.3. The van der Waals surface area contributed by atoms with Gasteiger partial charge in [-0.2, -0.15) is 0 Å². The van der Waals surface area contributed by atoms with Crippen LogP contribution in [0.1, 0.15) is 75.7 Å². The second-order valence-corrected chi connectivity index (χ2v) is 14.1. The summed E-state index contributed by atoms with van der Waals surface area (Å²) in [5.41, 5.74) is 0.326. The quantitative estimate of drug-likeness (QED) is 0.342. The summed E-state index contributed by atoms with van der Waals surface area (Å²) in [6.07, 6.45) is 7.30. The molecule has 2 fully saturated rings. The summed E-state index contributed by atoms with van der Waals surface area (Å²) in [7, 11) is 0. The molecule has 0 radical (unpaired) electrons. The second kappa shape index (κ2) is 12.3. The maximum absolute atomic E-state index is 15.3. The van der Waals surface area contributed by atoms with Crippen molar-refractivity contribution in [2.45, 2.75) is 83.2 Å². The van der Waals surface area contributed by atoms with Crippen LogP contribution < -0.4 is 4.90 Å². The van der Waals surface area contributed by atoms with Gasteiger partial charge in [-0.25, -0.2) is 9.18 Å². The zero-order chi connectivity index (χ0) is 32.7. The Morgan fingerprint density at radius 2 is 1.65 bits per heavy atom. The highest BCUT2D eigenvalue weighted by Gasteiger charge is 2.54. The molecule has 3 aliphatic heterocycles. The normalized spacial score (nSPS) is 23.1. The van der Waals surface area contributed by atoms with E-state index in [1.807, 2.05) is 68.1 Å². The molecule has 1 spiro atoms. The van der Waals surface area contributed by atoms with Crippen molar-refractivity contribution in [2.24, 2.45) is 0 Å². The van der Waals surface area contributed by atoms with Gasteiger partial charge in [0.05, 0.1) is 12.2 Å². The number of halogens is 1. The molecule has 1 aliphatic carbocycles. The number of carbonyl (C=O) groups excluding carboxylic acids is 3. The van der Waals surface area contributed by atoms with Crippen LogP contribution in [-0.4, -0.2) is 82.1 Å². The molecule has 1 unspecified atom stereocenters. The number of ether oxygens (including phenoxy) is 1. The predicted molar refractivity (Wildman–Crippen MR) is 176 cm³/mol. The summed E-state index contributed by atoms with van der Waals surface area (Å²) in [4.78, 5) is 48.5. The average Bonchev–Trinajstić information content (AvgIpc) is 3.40. The van der Waals surface area contributed by atoms with Crippen molar-refractivity contribution in [1.82, 2.24) is 14.7 Å². The Morgan fingerprint density at radius 1 is 0.957 bits per heavy atom. The summed E-state index contributed by atoms with van der Waals surface area (Å²) in [5.74, 6) is -0.772. The van der Waals surface area contributed by atoms with E-state index in [0.29, 0.717) is 50.2 Å². The molecule has 8 nitrogen and oxygen atoms in total. The van der Waals surface area contributed by atoms with Crippen molar-refractivity contribution in [3.63, 3.8) is 0 Å². The molecule has 0 aromatic heterocycles. The number of piperidine rings is 1. The number of hydrogen-bond donors (Lipinski definition) is 0. The van der Waals surface area contributed by atoms with Gasteiger partial charge in [-0.05, 0) is 90.1 Å². The van der Waals surface area contributed by atoms with E-state index < -0.39 is 28.7 Å².